The van der Waals surface area contributed by atoms with E-state index in [-0.39, 0.29) is 44.3 Å². The van der Waals surface area contributed by atoms with Gasteiger partial charge in [0.1, 0.15) is 5.76 Å². The number of phosphoric ester groups is 1. The molecule has 1 aromatic carbocycles. The molecule has 0 saturated carbocycles. The first-order valence-electron chi connectivity index (χ1n) is 14.4. The van der Waals surface area contributed by atoms with Gasteiger partial charge >= 0.3 is 15.4 Å². The molecule has 0 N–H and O–H groups in total. The maximum Gasteiger partial charge on any atom is 0.475 e. The number of phosphoric acid groups is 1. The van der Waals surface area contributed by atoms with Gasteiger partial charge in [-0.25, -0.2) is 13.9 Å². The molecule has 0 radical (unpaired) electrons. The molecule has 3 aromatic rings. The highest BCUT2D eigenvalue weighted by Crippen LogP contribution is 2.68. The first-order chi connectivity index (χ1) is 20.7. The zero-order chi connectivity index (χ0) is 31.3. The van der Waals surface area contributed by atoms with Crippen LogP contribution in [0.4, 0.5) is 4.39 Å². The van der Waals surface area contributed by atoms with Crippen LogP contribution in [-0.4, -0.2) is 43.0 Å². The molecule has 0 fully saturated rings. The van der Waals surface area contributed by atoms with Gasteiger partial charge in [-0.1, -0.05) is 6.07 Å². The van der Waals surface area contributed by atoms with E-state index in [1.165, 1.54) is 12.1 Å². The Morgan fingerprint density at radius 2 is 1.53 bits per heavy atom. The molecule has 0 aliphatic rings. The van der Waals surface area contributed by atoms with Crippen molar-refractivity contribution in [3.63, 3.8) is 0 Å². The van der Waals surface area contributed by atoms with Crippen molar-refractivity contribution in [1.82, 2.24) is 9.97 Å². The predicted molar refractivity (Wildman–Crippen MR) is 159 cm³/mol. The minimum atomic E-state index is -4.17. The van der Waals surface area contributed by atoms with Crippen molar-refractivity contribution in [3.05, 3.63) is 65.6 Å². The van der Waals surface area contributed by atoms with Gasteiger partial charge in [0.25, 0.3) is 0 Å². The molecule has 11 nitrogen and oxygen atoms in total. The highest BCUT2D eigenvalue weighted by Gasteiger charge is 2.44. The van der Waals surface area contributed by atoms with Gasteiger partial charge in [-0.2, -0.15) is 0 Å². The summed E-state index contributed by atoms with van der Waals surface area (Å²) in [7, 11) is -8.24. The minimum Gasteiger partial charge on any atom is -0.491 e. The van der Waals surface area contributed by atoms with Crippen molar-refractivity contribution in [1.29, 1.82) is 0 Å². The lowest BCUT2D eigenvalue weighted by molar-refractivity contribution is 0.0891. The molecule has 14 heteroatoms. The maximum atomic E-state index is 14.8. The maximum absolute atomic E-state index is 14.8. The van der Waals surface area contributed by atoms with Crippen LogP contribution >= 0.6 is 15.4 Å². The molecule has 2 heterocycles. The number of ether oxygens (including phenoxy) is 1. The predicted octanol–water partition coefficient (Wildman–Crippen LogP) is 8.44. The number of hydrogen-bond donors (Lipinski definition) is 0. The van der Waals surface area contributed by atoms with Crippen molar-refractivity contribution in [2.75, 3.05) is 33.0 Å². The summed E-state index contributed by atoms with van der Waals surface area (Å²) in [5, 5.41) is 0. The molecule has 43 heavy (non-hydrogen) atoms. The summed E-state index contributed by atoms with van der Waals surface area (Å²) in [6, 6.07) is 7.53. The first-order valence-corrected chi connectivity index (χ1v) is 17.5. The fourth-order valence-electron chi connectivity index (χ4n) is 4.19. The van der Waals surface area contributed by atoms with Gasteiger partial charge < -0.3 is 18.2 Å². The third-order valence-corrected chi connectivity index (χ3v) is 10.1. The fraction of sp³-hybridized carbons (Fsp3) is 0.517. The van der Waals surface area contributed by atoms with Crippen molar-refractivity contribution < 1.29 is 45.3 Å². The van der Waals surface area contributed by atoms with Crippen LogP contribution < -0.4 is 4.74 Å². The Hall–Kier alpha value is -2.43. The van der Waals surface area contributed by atoms with Crippen LogP contribution in [0.5, 0.6) is 5.75 Å². The summed E-state index contributed by atoms with van der Waals surface area (Å²) in [5.41, 5.74) is 1.93. The van der Waals surface area contributed by atoms with Crippen LogP contribution in [-0.2, 0) is 38.2 Å². The molecular weight excluding hydrogens is 601 g/mol. The Morgan fingerprint density at radius 1 is 0.884 bits per heavy atom. The molecule has 238 valence electrons. The summed E-state index contributed by atoms with van der Waals surface area (Å²) in [6.07, 6.45) is 6.40. The van der Waals surface area contributed by atoms with E-state index in [4.69, 9.17) is 31.8 Å². The topological polar surface area (TPSA) is 128 Å². The number of pyridine rings is 1. The summed E-state index contributed by atoms with van der Waals surface area (Å²) in [4.78, 5) is 8.63. The van der Waals surface area contributed by atoms with Crippen LogP contribution in [0, 0.1) is 12.7 Å². The number of halogens is 1. The lowest BCUT2D eigenvalue weighted by Gasteiger charge is -2.29. The number of nitrogens with zero attached hydrogens (tertiary/aromatic N) is 2. The lowest BCUT2D eigenvalue weighted by atomic mass is 10.1. The van der Waals surface area contributed by atoms with Gasteiger partial charge in [-0.3, -0.25) is 23.1 Å². The van der Waals surface area contributed by atoms with Gasteiger partial charge in [0.2, 0.25) is 5.89 Å². The number of aromatic nitrogens is 2. The smallest absolute Gasteiger partial charge is 0.475 e. The van der Waals surface area contributed by atoms with Crippen molar-refractivity contribution in [2.45, 2.75) is 66.1 Å². The van der Waals surface area contributed by atoms with Crippen LogP contribution in [0.1, 0.15) is 69.8 Å². The first kappa shape index (κ1) is 35.1. The van der Waals surface area contributed by atoms with Crippen LogP contribution in [0.3, 0.4) is 0 Å². The third kappa shape index (κ3) is 10.0. The molecule has 0 aliphatic heterocycles. The van der Waals surface area contributed by atoms with E-state index >= 15 is 0 Å². The quantitative estimate of drug-likeness (QED) is 0.0870. The average Bonchev–Trinajstić information content (AvgIpc) is 3.35. The number of oxazole rings is 1. The lowest BCUT2D eigenvalue weighted by Crippen LogP contribution is -2.12. The van der Waals surface area contributed by atoms with Crippen LogP contribution in [0.25, 0.3) is 11.5 Å². The van der Waals surface area contributed by atoms with Gasteiger partial charge in [0.05, 0.1) is 38.7 Å². The number of aryl methyl sites for hydroxylation is 2. The van der Waals surface area contributed by atoms with E-state index in [9.17, 15) is 13.5 Å². The second kappa shape index (κ2) is 17.2. The molecule has 0 saturated heterocycles. The number of hydrogen-bond acceptors (Lipinski definition) is 11. The highest BCUT2D eigenvalue weighted by molar-refractivity contribution is 7.55. The van der Waals surface area contributed by atoms with Crippen LogP contribution in [0.2, 0.25) is 0 Å². The molecule has 0 aliphatic carbocycles. The summed E-state index contributed by atoms with van der Waals surface area (Å²) in [6.45, 7) is 8.69. The monoisotopic (exact) mass is 642 g/mol. The average molecular weight is 643 g/mol. The normalized spacial score (nSPS) is 12.9. The van der Waals surface area contributed by atoms with Gasteiger partial charge in [-0.05, 0) is 90.1 Å². The van der Waals surface area contributed by atoms with Crippen molar-refractivity contribution >= 4 is 15.4 Å². The number of benzene rings is 1. The molecule has 0 amide bonds. The zero-order valence-corrected chi connectivity index (χ0v) is 27.1. The SMILES string of the molecule is CCOP(=O)(OCC)OC(c1ccc(F)c(OCCCCCc2nc(-c3ccncc3)oc2C)c1)P(=O)(OCC)OCC. The van der Waals surface area contributed by atoms with Gasteiger partial charge in [0, 0.05) is 18.0 Å². The largest absolute Gasteiger partial charge is 0.491 e. The molecule has 1 unspecified atom stereocenters. The molecule has 0 spiro atoms. The van der Waals surface area contributed by atoms with Gasteiger partial charge in [-0.15, -0.1) is 0 Å². The Morgan fingerprint density at radius 3 is 2.16 bits per heavy atom. The zero-order valence-electron chi connectivity index (χ0n) is 25.3. The Bertz CT molecular complexity index is 1350. The molecule has 1 atom stereocenters. The third-order valence-electron chi connectivity index (χ3n) is 6.08. The van der Waals surface area contributed by atoms with E-state index in [0.29, 0.717) is 12.3 Å². The van der Waals surface area contributed by atoms with Crippen molar-refractivity contribution in [2.24, 2.45) is 0 Å². The highest BCUT2D eigenvalue weighted by atomic mass is 31.2. The standard InChI is InChI=1S/C29H41FN2O9P2/c1-6-36-42(33,37-7-2)29(41-43(34,38-8-3)39-9-4)24-14-15-25(30)27(21-24)35-20-12-10-11-13-26-22(5)40-28(32-26)23-16-18-31-19-17-23/h14-19,21,29H,6-13,20H2,1-5H3. The Labute approximate surface area is 252 Å². The molecule has 2 aromatic heterocycles. The summed E-state index contributed by atoms with van der Waals surface area (Å²) in [5.74, 6) is -0.893. The van der Waals surface area contributed by atoms with E-state index < -0.39 is 27.1 Å². The van der Waals surface area contributed by atoms with E-state index in [1.54, 1.807) is 40.1 Å². The van der Waals surface area contributed by atoms with E-state index in [1.807, 2.05) is 19.1 Å². The minimum absolute atomic E-state index is 0.0114. The molecular formula is C29H41FN2O9P2. The van der Waals surface area contributed by atoms with E-state index in [2.05, 4.69) is 9.97 Å². The second-order valence-corrected chi connectivity index (χ2v) is 12.9. The number of rotatable bonds is 20. The molecule has 3 rings (SSSR count). The number of unbranched alkanes of at least 4 members (excludes halogenated alkanes) is 2. The summed E-state index contributed by atoms with van der Waals surface area (Å²) < 4.78 is 80.6. The van der Waals surface area contributed by atoms with E-state index in [0.717, 1.165) is 42.3 Å². The van der Waals surface area contributed by atoms with Gasteiger partial charge in [0.15, 0.2) is 17.4 Å². The Balaban J connectivity index is 1.67. The Kier molecular flexibility index (Phi) is 14.0. The van der Waals surface area contributed by atoms with Crippen LogP contribution in [0.15, 0.2) is 47.1 Å². The fourth-order valence-corrected chi connectivity index (χ4v) is 7.78. The second-order valence-electron chi connectivity index (χ2n) is 9.22. The summed E-state index contributed by atoms with van der Waals surface area (Å²) >= 11 is 0. The van der Waals surface area contributed by atoms with Crippen molar-refractivity contribution in [3.8, 4) is 17.2 Å². The molecule has 0 bridgehead atoms.